The number of rotatable bonds is 3. The highest BCUT2D eigenvalue weighted by atomic mass is 79.9. The van der Waals surface area contributed by atoms with Crippen molar-refractivity contribution in [2.24, 2.45) is 0 Å². The summed E-state index contributed by atoms with van der Waals surface area (Å²) in [5.41, 5.74) is 32.5. The van der Waals surface area contributed by atoms with E-state index in [0.29, 0.717) is 0 Å². The van der Waals surface area contributed by atoms with E-state index >= 15 is 0 Å². The molecule has 6 aliphatic rings. The van der Waals surface area contributed by atoms with Gasteiger partial charge in [-0.2, -0.15) is 0 Å². The van der Waals surface area contributed by atoms with Crippen molar-refractivity contribution in [3.05, 3.63) is 374 Å². The van der Waals surface area contributed by atoms with Crippen molar-refractivity contribution in [3.8, 4) is 77.9 Å². The van der Waals surface area contributed by atoms with Gasteiger partial charge in [0.15, 0.2) is 0 Å². The molecule has 590 valence electrons. The van der Waals surface area contributed by atoms with Crippen LogP contribution in [0.4, 0.5) is 0 Å². The maximum absolute atomic E-state index is 6.39. The molecule has 0 aromatic heterocycles. The Morgan fingerprint density at radius 2 is 0.369 bits per heavy atom. The number of hydrogen-bond acceptors (Lipinski definition) is 2. The Bertz CT molecular complexity index is 7550. The molecule has 0 bridgehead atoms. The molecule has 122 heavy (non-hydrogen) atoms. The van der Waals surface area contributed by atoms with Gasteiger partial charge in [-0.3, -0.25) is 0 Å². The molecule has 1 fully saturated rings. The molecule has 5 heteroatoms. The van der Waals surface area contributed by atoms with E-state index in [2.05, 4.69) is 438 Å². The van der Waals surface area contributed by atoms with E-state index in [1.807, 2.05) is 0 Å². The highest BCUT2D eigenvalue weighted by molar-refractivity contribution is 9.10. The van der Waals surface area contributed by atoms with Crippen molar-refractivity contribution in [1.29, 1.82) is 0 Å². The zero-order chi connectivity index (χ0) is 83.5. The first-order chi connectivity index (χ1) is 58.5. The lowest BCUT2D eigenvalue weighted by Gasteiger charge is -2.32. The number of hydrogen-bond donors (Lipinski definition) is 0. The van der Waals surface area contributed by atoms with E-state index in [1.165, 1.54) is 230 Å². The molecule has 0 atom stereocenters. The van der Waals surface area contributed by atoms with Crippen LogP contribution >= 0.6 is 31.9 Å². The molecule has 25 rings (SSSR count). The average Bonchev–Trinajstić information content (AvgIpc) is 1.50. The van der Waals surface area contributed by atoms with E-state index in [-0.39, 0.29) is 45.4 Å². The Kier molecular flexibility index (Phi) is 16.2. The fourth-order valence-electron chi connectivity index (χ4n) is 22.7. The van der Waals surface area contributed by atoms with Crippen molar-refractivity contribution in [2.45, 2.75) is 135 Å². The maximum Gasteiger partial charge on any atom is 0.494 e. The van der Waals surface area contributed by atoms with Crippen LogP contribution in [0.25, 0.3) is 175 Å². The van der Waals surface area contributed by atoms with Gasteiger partial charge in [0.05, 0.1) is 11.2 Å². The Morgan fingerprint density at radius 3 is 0.623 bits per heavy atom. The van der Waals surface area contributed by atoms with Crippen molar-refractivity contribution in [2.75, 3.05) is 0 Å². The molecule has 0 radical (unpaired) electrons. The van der Waals surface area contributed by atoms with Crippen LogP contribution in [-0.4, -0.2) is 18.3 Å². The minimum absolute atomic E-state index is 0.0816. The maximum atomic E-state index is 6.39. The highest BCUT2D eigenvalue weighted by Gasteiger charge is 2.53. The van der Waals surface area contributed by atoms with Crippen LogP contribution in [0.3, 0.4) is 0 Å². The highest BCUT2D eigenvalue weighted by Crippen LogP contribution is 2.59. The molecule has 0 amide bonds. The van der Waals surface area contributed by atoms with Crippen LogP contribution in [0, 0.1) is 0 Å². The molecule has 1 aliphatic heterocycles. The Balaban J connectivity index is 0.000000134. The predicted molar refractivity (Wildman–Crippen MR) is 527 cm³/mol. The molecule has 0 N–H and O–H groups in total. The molecular formula is C117H93BBr2O2. The summed E-state index contributed by atoms with van der Waals surface area (Å²) >= 11 is 7.13. The fraction of sp³-hybridized carbons (Fsp3) is 0.179. The zero-order valence-electron chi connectivity index (χ0n) is 71.6. The molecule has 19 aromatic rings. The van der Waals surface area contributed by atoms with Crippen molar-refractivity contribution < 1.29 is 9.31 Å². The third kappa shape index (κ3) is 10.8. The Hall–Kier alpha value is -11.5. The van der Waals surface area contributed by atoms with Gasteiger partial charge >= 0.3 is 7.12 Å². The lowest BCUT2D eigenvalue weighted by atomic mass is 9.74. The van der Waals surface area contributed by atoms with Crippen LogP contribution in [0.2, 0.25) is 0 Å². The van der Waals surface area contributed by atoms with Gasteiger partial charge < -0.3 is 9.31 Å². The summed E-state index contributed by atoms with van der Waals surface area (Å²) in [6, 6.07) is 117. The number of fused-ring (bicyclic) bond motifs is 33. The topological polar surface area (TPSA) is 18.5 Å². The van der Waals surface area contributed by atoms with E-state index in [9.17, 15) is 0 Å². The van der Waals surface area contributed by atoms with Gasteiger partial charge in [0.1, 0.15) is 0 Å². The molecule has 0 saturated carbocycles. The van der Waals surface area contributed by atoms with E-state index in [0.717, 1.165) is 14.4 Å². The molecule has 1 saturated heterocycles. The SMILES string of the molecule is CC1(C)c2cc(-c3ccc4c(c3)C(C)(C)c3cc5c6ccccc6c6ccccc6c5cc3-4)ccc2-c2ccc(-c3ccc4c(c3)C(C)(C)c3cc5c6ccccc6c6ccccc6c5cc3-4)cc21.CC1(C)c2cc(B3OC(C)(C)C(C)(C)O3)ccc2-c2cc3c4ccccc4c4ccccc4c3cc21.CC1(C)c2cc(Br)ccc2-c2ccc(Br)cc21. The largest absolute Gasteiger partial charge is 0.494 e. The van der Waals surface area contributed by atoms with Crippen LogP contribution in [0.1, 0.15) is 153 Å². The van der Waals surface area contributed by atoms with E-state index in [4.69, 9.17) is 9.31 Å². The fourth-order valence-corrected chi connectivity index (χ4v) is 23.4. The number of halogens is 2. The van der Waals surface area contributed by atoms with Crippen molar-refractivity contribution >= 4 is 141 Å². The minimum atomic E-state index is -0.355. The first-order valence-corrected chi connectivity index (χ1v) is 45.0. The lowest BCUT2D eigenvalue weighted by Crippen LogP contribution is -2.41. The quantitative estimate of drug-likeness (QED) is 0.130. The first kappa shape index (κ1) is 75.4. The standard InChI is InChI=1S/C69H50.C33H31BO2.C15H12Br2/c1-67(2)61-31-39(41-25-29-53-59-35-55-47-19-11-7-15-43(47)45-17-9-13-21-49(45)57(55)37-65(59)68(3,4)63(53)33-41)23-27-51(61)52-28-24-40(32-62(52)67)42-26-30-54-60-36-56-48-20-12-8-16-44(48)46-18-10-14-22-50(46)58(56)38-66(60)69(5,6)64(54)34-42;1-31(2)29-17-20(34-35-32(3,4)33(5,6)36-34)15-16-25(29)28-18-26-23-13-9-7-11-21(23)22-12-8-10-14-24(22)27(26)19-30(28)31;1-15(2)13-7-9(16)3-5-11(13)12-6-4-10(17)8-14(12)15/h7-38H,1-6H3;7-19H,1-6H3;3-8H,1-2H3. The average molecular weight is 1700 g/mol. The van der Waals surface area contributed by atoms with Gasteiger partial charge in [-0.25, -0.2) is 0 Å². The van der Waals surface area contributed by atoms with Crippen molar-refractivity contribution in [1.82, 2.24) is 0 Å². The molecule has 0 unspecified atom stereocenters. The van der Waals surface area contributed by atoms with Crippen LogP contribution in [0.15, 0.2) is 318 Å². The molecule has 2 nitrogen and oxygen atoms in total. The summed E-state index contributed by atoms with van der Waals surface area (Å²) in [6.45, 7) is 32.2. The second-order valence-corrected chi connectivity index (χ2v) is 40.9. The first-order valence-electron chi connectivity index (χ1n) is 43.4. The van der Waals surface area contributed by atoms with Gasteiger partial charge in [0.25, 0.3) is 0 Å². The smallest absolute Gasteiger partial charge is 0.399 e. The van der Waals surface area contributed by atoms with Crippen LogP contribution < -0.4 is 5.46 Å². The van der Waals surface area contributed by atoms with Crippen LogP contribution in [-0.2, 0) is 36.4 Å². The van der Waals surface area contributed by atoms with Gasteiger partial charge in [-0.15, -0.1) is 0 Å². The van der Waals surface area contributed by atoms with Gasteiger partial charge in [0, 0.05) is 36.0 Å². The molecule has 5 aliphatic carbocycles. The Morgan fingerprint density at radius 1 is 0.180 bits per heavy atom. The molecular weight excluding hydrogens is 1610 g/mol. The summed E-state index contributed by atoms with van der Waals surface area (Å²) in [5, 5.41) is 23.9. The van der Waals surface area contributed by atoms with Crippen molar-refractivity contribution in [3.63, 3.8) is 0 Å². The second kappa shape index (κ2) is 26.3. The third-order valence-electron chi connectivity index (χ3n) is 30.1. The van der Waals surface area contributed by atoms with Crippen LogP contribution in [0.5, 0.6) is 0 Å². The monoisotopic (exact) mass is 1700 g/mol. The lowest BCUT2D eigenvalue weighted by molar-refractivity contribution is 0.00578. The Labute approximate surface area is 732 Å². The third-order valence-corrected chi connectivity index (χ3v) is 31.1. The summed E-state index contributed by atoms with van der Waals surface area (Å²) in [4.78, 5) is 0. The predicted octanol–water partition coefficient (Wildman–Crippen LogP) is 32.1. The second-order valence-electron chi connectivity index (χ2n) is 39.0. The molecule has 0 spiro atoms. The van der Waals surface area contributed by atoms with Gasteiger partial charge in [-0.1, -0.05) is 326 Å². The summed E-state index contributed by atoms with van der Waals surface area (Å²) in [7, 11) is -0.355. The summed E-state index contributed by atoms with van der Waals surface area (Å²) in [6.07, 6.45) is 0. The van der Waals surface area contributed by atoms with Gasteiger partial charge in [0.2, 0.25) is 0 Å². The molecule has 19 aromatic carbocycles. The molecule has 1 heterocycles. The zero-order valence-corrected chi connectivity index (χ0v) is 74.8. The summed E-state index contributed by atoms with van der Waals surface area (Å²) < 4.78 is 15.1. The number of benzene rings is 19. The van der Waals surface area contributed by atoms with E-state index in [1.54, 1.807) is 0 Å². The minimum Gasteiger partial charge on any atom is -0.399 e. The van der Waals surface area contributed by atoms with E-state index < -0.39 is 0 Å². The summed E-state index contributed by atoms with van der Waals surface area (Å²) in [5.74, 6) is 0. The normalized spacial score (nSPS) is 16.6. The van der Waals surface area contributed by atoms with Gasteiger partial charge in [-0.05, 0) is 349 Å².